The third-order valence-electron chi connectivity index (χ3n) is 3.80. The highest BCUT2D eigenvalue weighted by Gasteiger charge is 2.31. The van der Waals surface area contributed by atoms with Crippen LogP contribution < -0.4 is 5.73 Å². The Morgan fingerprint density at radius 2 is 2.33 bits per heavy atom. The molecule has 1 aliphatic rings. The molecule has 1 fully saturated rings. The molecular formula is C13H22ClN3O. The first-order valence-corrected chi connectivity index (χ1v) is 6.99. The van der Waals surface area contributed by atoms with Gasteiger partial charge in [0.2, 0.25) is 0 Å². The van der Waals surface area contributed by atoms with E-state index >= 15 is 0 Å². The summed E-state index contributed by atoms with van der Waals surface area (Å²) in [5.74, 6) is 0.526. The number of halogens is 1. The van der Waals surface area contributed by atoms with Crippen molar-refractivity contribution < 1.29 is 4.74 Å². The lowest BCUT2D eigenvalue weighted by atomic mass is 9.95. The molecule has 0 aromatic carbocycles. The largest absolute Gasteiger partial charge is 0.376 e. The Morgan fingerprint density at radius 1 is 1.61 bits per heavy atom. The lowest BCUT2D eigenvalue weighted by molar-refractivity contribution is 0.0721. The zero-order valence-corrected chi connectivity index (χ0v) is 12.1. The second-order valence-corrected chi connectivity index (χ2v) is 5.53. The van der Waals surface area contributed by atoms with Crippen LogP contribution >= 0.6 is 11.6 Å². The van der Waals surface area contributed by atoms with E-state index in [0.29, 0.717) is 5.92 Å². The van der Waals surface area contributed by atoms with Crippen LogP contribution in [0.3, 0.4) is 0 Å². The van der Waals surface area contributed by atoms with E-state index in [9.17, 15) is 0 Å². The van der Waals surface area contributed by atoms with E-state index in [-0.39, 0.29) is 12.1 Å². The average molecular weight is 272 g/mol. The molecule has 1 saturated heterocycles. The Bertz CT molecular complexity index is 419. The van der Waals surface area contributed by atoms with Crippen LogP contribution in [0.15, 0.2) is 0 Å². The third kappa shape index (κ3) is 2.56. The molecule has 2 N–H and O–H groups in total. The summed E-state index contributed by atoms with van der Waals surface area (Å²) in [7, 11) is 1.92. The smallest absolute Gasteiger partial charge is 0.0850 e. The lowest BCUT2D eigenvalue weighted by Gasteiger charge is -2.22. The summed E-state index contributed by atoms with van der Waals surface area (Å²) in [6, 6.07) is -0.0138. The molecule has 2 rings (SSSR count). The minimum atomic E-state index is -0.0138. The van der Waals surface area contributed by atoms with E-state index in [4.69, 9.17) is 22.1 Å². The number of hydrogen-bond acceptors (Lipinski definition) is 3. The number of nitrogens with two attached hydrogens (primary N) is 1. The Morgan fingerprint density at radius 3 is 2.83 bits per heavy atom. The molecule has 3 atom stereocenters. The van der Waals surface area contributed by atoms with Gasteiger partial charge in [-0.05, 0) is 18.8 Å². The van der Waals surface area contributed by atoms with Crippen molar-refractivity contribution in [2.75, 3.05) is 6.61 Å². The van der Waals surface area contributed by atoms with Crippen LogP contribution in [0.4, 0.5) is 0 Å². The summed E-state index contributed by atoms with van der Waals surface area (Å²) in [5, 5.41) is 5.18. The van der Waals surface area contributed by atoms with Gasteiger partial charge in [-0.2, -0.15) is 5.10 Å². The van der Waals surface area contributed by atoms with Crippen LogP contribution in [0, 0.1) is 5.92 Å². The molecule has 2 heterocycles. The van der Waals surface area contributed by atoms with Crippen molar-refractivity contribution in [3.8, 4) is 0 Å². The number of hydrogen-bond donors (Lipinski definition) is 1. The minimum absolute atomic E-state index is 0.0138. The van der Waals surface area contributed by atoms with Crippen molar-refractivity contribution in [2.24, 2.45) is 18.7 Å². The van der Waals surface area contributed by atoms with Crippen molar-refractivity contribution in [1.29, 1.82) is 0 Å². The summed E-state index contributed by atoms with van der Waals surface area (Å²) >= 11 is 6.34. The standard InChI is InChI=1S/C13H22ClN3O/c1-4-10-12(14)11(17(3)16-10)7-9(15)13-8(2)5-6-18-13/h8-9,13H,4-7,15H2,1-3H3. The summed E-state index contributed by atoms with van der Waals surface area (Å²) < 4.78 is 7.56. The normalized spacial score (nSPS) is 25.6. The van der Waals surface area contributed by atoms with Crippen LogP contribution in [0.1, 0.15) is 31.7 Å². The summed E-state index contributed by atoms with van der Waals surface area (Å²) in [5.41, 5.74) is 8.23. The molecule has 102 valence electrons. The number of nitrogens with zero attached hydrogens (tertiary/aromatic N) is 2. The molecular weight excluding hydrogens is 250 g/mol. The van der Waals surface area contributed by atoms with Gasteiger partial charge >= 0.3 is 0 Å². The zero-order valence-electron chi connectivity index (χ0n) is 11.3. The molecule has 1 aliphatic heterocycles. The van der Waals surface area contributed by atoms with E-state index < -0.39 is 0 Å². The first kappa shape index (κ1) is 13.8. The monoisotopic (exact) mass is 271 g/mol. The molecule has 0 aliphatic carbocycles. The summed E-state index contributed by atoms with van der Waals surface area (Å²) in [6.45, 7) is 5.07. The number of rotatable bonds is 4. The molecule has 4 nitrogen and oxygen atoms in total. The molecule has 0 amide bonds. The van der Waals surface area contributed by atoms with Gasteiger partial charge in [0.1, 0.15) is 0 Å². The Balaban J connectivity index is 2.11. The molecule has 5 heteroatoms. The second-order valence-electron chi connectivity index (χ2n) is 5.15. The van der Waals surface area contributed by atoms with Gasteiger partial charge in [-0.1, -0.05) is 25.4 Å². The predicted octanol–water partition coefficient (Wildman–Crippen LogP) is 1.93. The fraction of sp³-hybridized carbons (Fsp3) is 0.769. The molecule has 0 bridgehead atoms. The van der Waals surface area contributed by atoms with E-state index in [1.807, 2.05) is 11.7 Å². The topological polar surface area (TPSA) is 53.1 Å². The molecule has 3 unspecified atom stereocenters. The minimum Gasteiger partial charge on any atom is -0.376 e. The number of aryl methyl sites for hydroxylation is 2. The molecule has 1 aromatic rings. The highest BCUT2D eigenvalue weighted by molar-refractivity contribution is 6.31. The number of aromatic nitrogens is 2. The van der Waals surface area contributed by atoms with E-state index in [2.05, 4.69) is 18.9 Å². The lowest BCUT2D eigenvalue weighted by Crippen LogP contribution is -2.39. The molecule has 1 aromatic heterocycles. The van der Waals surface area contributed by atoms with Crippen molar-refractivity contribution >= 4 is 11.6 Å². The molecule has 0 saturated carbocycles. The zero-order chi connectivity index (χ0) is 13.3. The van der Waals surface area contributed by atoms with Crippen molar-refractivity contribution in [2.45, 2.75) is 45.3 Å². The van der Waals surface area contributed by atoms with E-state index in [1.54, 1.807) is 0 Å². The number of ether oxygens (including phenoxy) is 1. The van der Waals surface area contributed by atoms with Gasteiger partial charge < -0.3 is 10.5 Å². The fourth-order valence-corrected chi connectivity index (χ4v) is 3.02. The Labute approximate surface area is 113 Å². The van der Waals surface area contributed by atoms with Gasteiger partial charge in [-0.15, -0.1) is 0 Å². The van der Waals surface area contributed by atoms with Crippen LogP contribution in [0.2, 0.25) is 5.02 Å². The van der Waals surface area contributed by atoms with Gasteiger partial charge in [-0.25, -0.2) is 0 Å². The fourth-order valence-electron chi connectivity index (χ4n) is 2.65. The third-order valence-corrected chi connectivity index (χ3v) is 4.23. The second kappa shape index (κ2) is 5.59. The van der Waals surface area contributed by atoms with Gasteiger partial charge in [0, 0.05) is 26.1 Å². The van der Waals surface area contributed by atoms with Gasteiger partial charge in [0.15, 0.2) is 0 Å². The van der Waals surface area contributed by atoms with Gasteiger partial charge in [0.25, 0.3) is 0 Å². The summed E-state index contributed by atoms with van der Waals surface area (Å²) in [4.78, 5) is 0. The Kier molecular flexibility index (Phi) is 4.30. The van der Waals surface area contributed by atoms with Crippen LogP contribution in [-0.2, 0) is 24.6 Å². The quantitative estimate of drug-likeness (QED) is 0.910. The van der Waals surface area contributed by atoms with Gasteiger partial charge in [-0.3, -0.25) is 4.68 Å². The van der Waals surface area contributed by atoms with Crippen LogP contribution in [0.25, 0.3) is 0 Å². The summed E-state index contributed by atoms with van der Waals surface area (Å²) in [6.07, 6.45) is 2.80. The highest BCUT2D eigenvalue weighted by Crippen LogP contribution is 2.27. The average Bonchev–Trinajstić information content (AvgIpc) is 2.87. The molecule has 0 radical (unpaired) electrons. The van der Waals surface area contributed by atoms with E-state index in [1.165, 1.54) is 0 Å². The molecule has 0 spiro atoms. The highest BCUT2D eigenvalue weighted by atomic mass is 35.5. The maximum atomic E-state index is 6.34. The van der Waals surface area contributed by atoms with Crippen LogP contribution in [-0.4, -0.2) is 28.5 Å². The molecule has 18 heavy (non-hydrogen) atoms. The van der Waals surface area contributed by atoms with Gasteiger partial charge in [0.05, 0.1) is 22.5 Å². The first-order valence-electron chi connectivity index (χ1n) is 6.62. The predicted molar refractivity (Wildman–Crippen MR) is 72.8 cm³/mol. The van der Waals surface area contributed by atoms with Crippen LogP contribution in [0.5, 0.6) is 0 Å². The maximum absolute atomic E-state index is 6.34. The van der Waals surface area contributed by atoms with E-state index in [0.717, 1.165) is 42.3 Å². The first-order chi connectivity index (χ1) is 8.54. The van der Waals surface area contributed by atoms with Crippen molar-refractivity contribution in [3.05, 3.63) is 16.4 Å². The Hall–Kier alpha value is -0.580. The van der Waals surface area contributed by atoms with Crippen molar-refractivity contribution in [1.82, 2.24) is 9.78 Å². The maximum Gasteiger partial charge on any atom is 0.0850 e. The van der Waals surface area contributed by atoms with Crippen molar-refractivity contribution in [3.63, 3.8) is 0 Å². The SMILES string of the molecule is CCc1nn(C)c(CC(N)C2OCCC2C)c1Cl.